The van der Waals surface area contributed by atoms with Gasteiger partial charge in [0.2, 0.25) is 5.91 Å². The third-order valence-electron chi connectivity index (χ3n) is 4.18. The summed E-state index contributed by atoms with van der Waals surface area (Å²) in [4.78, 5) is 18.4. The average molecular weight is 367 g/mol. The van der Waals surface area contributed by atoms with Gasteiger partial charge in [-0.3, -0.25) is 4.79 Å². The highest BCUT2D eigenvalue weighted by atomic mass is 32.2. The van der Waals surface area contributed by atoms with Gasteiger partial charge in [0.05, 0.1) is 17.5 Å². The number of sulfone groups is 1. The van der Waals surface area contributed by atoms with Gasteiger partial charge in [0.1, 0.15) is 0 Å². The molecule has 2 saturated heterocycles. The number of aryl methyl sites for hydroxylation is 1. The Morgan fingerprint density at radius 2 is 1.96 bits per heavy atom. The molecule has 2 aliphatic rings. The predicted molar refractivity (Wildman–Crippen MR) is 99.4 cm³/mol. The van der Waals surface area contributed by atoms with E-state index in [9.17, 15) is 13.2 Å². The van der Waals surface area contributed by atoms with Crippen LogP contribution in [0.4, 0.5) is 5.69 Å². The standard InChI is InChI=1S/C17H22N2O3S2/c1-11(2)8-16(20)18-17-19(13-6-4-12(3)5-7-13)14-9-24(21,22)10-15(14)23-17/h4-7,11,14-15H,8-10H2,1-3H3/t14-,15+/m1/s1. The maximum Gasteiger partial charge on any atom is 0.248 e. The first-order chi connectivity index (χ1) is 11.2. The van der Waals surface area contributed by atoms with E-state index in [1.807, 2.05) is 49.9 Å². The minimum atomic E-state index is -3.03. The van der Waals surface area contributed by atoms with E-state index in [2.05, 4.69) is 4.99 Å². The molecule has 0 saturated carbocycles. The number of hydrogen-bond donors (Lipinski definition) is 0. The second-order valence-corrected chi connectivity index (χ2v) is 10.3. The number of carbonyl (C=O) groups excluding carboxylic acids is 1. The zero-order chi connectivity index (χ0) is 17.5. The molecule has 2 fully saturated rings. The molecule has 1 amide bonds. The van der Waals surface area contributed by atoms with Gasteiger partial charge >= 0.3 is 0 Å². The van der Waals surface area contributed by atoms with Gasteiger partial charge in [0, 0.05) is 17.4 Å². The smallest absolute Gasteiger partial charge is 0.248 e. The van der Waals surface area contributed by atoms with Crippen LogP contribution in [-0.4, -0.2) is 42.3 Å². The van der Waals surface area contributed by atoms with Crippen LogP contribution in [0.25, 0.3) is 0 Å². The van der Waals surface area contributed by atoms with Crippen LogP contribution >= 0.6 is 11.8 Å². The highest BCUT2D eigenvalue weighted by Gasteiger charge is 2.49. The van der Waals surface area contributed by atoms with Gasteiger partial charge in [0.15, 0.2) is 15.0 Å². The number of amides is 1. The Hall–Kier alpha value is -1.34. The van der Waals surface area contributed by atoms with Gasteiger partial charge in [0.25, 0.3) is 0 Å². The number of nitrogens with zero attached hydrogens (tertiary/aromatic N) is 2. The fourth-order valence-electron chi connectivity index (χ4n) is 3.07. The molecular formula is C17H22N2O3S2. The Balaban J connectivity index is 1.95. The lowest BCUT2D eigenvalue weighted by Gasteiger charge is -2.24. The van der Waals surface area contributed by atoms with Gasteiger partial charge in [-0.2, -0.15) is 4.99 Å². The summed E-state index contributed by atoms with van der Waals surface area (Å²) < 4.78 is 24.0. The van der Waals surface area contributed by atoms with Crippen molar-refractivity contribution < 1.29 is 13.2 Å². The van der Waals surface area contributed by atoms with E-state index < -0.39 is 9.84 Å². The van der Waals surface area contributed by atoms with Crippen LogP contribution in [0, 0.1) is 12.8 Å². The van der Waals surface area contributed by atoms with E-state index in [-0.39, 0.29) is 34.6 Å². The topological polar surface area (TPSA) is 66.8 Å². The molecule has 1 aromatic rings. The summed E-state index contributed by atoms with van der Waals surface area (Å²) in [7, 11) is -3.03. The number of fused-ring (bicyclic) bond motifs is 1. The quantitative estimate of drug-likeness (QED) is 0.823. The Kier molecular flexibility index (Phi) is 4.75. The fraction of sp³-hybridized carbons (Fsp3) is 0.529. The number of carbonyl (C=O) groups is 1. The molecule has 130 valence electrons. The minimum Gasteiger partial charge on any atom is -0.316 e. The van der Waals surface area contributed by atoms with Crippen LogP contribution in [0.5, 0.6) is 0 Å². The molecule has 1 aromatic carbocycles. The zero-order valence-electron chi connectivity index (χ0n) is 14.1. The van der Waals surface area contributed by atoms with Crippen LogP contribution in [0.3, 0.4) is 0 Å². The first kappa shape index (κ1) is 17.5. The molecule has 0 N–H and O–H groups in total. The molecule has 0 aliphatic carbocycles. The van der Waals surface area contributed by atoms with E-state index in [1.165, 1.54) is 11.8 Å². The van der Waals surface area contributed by atoms with Gasteiger partial charge < -0.3 is 4.90 Å². The molecule has 0 spiro atoms. The van der Waals surface area contributed by atoms with Crippen molar-refractivity contribution in [2.45, 2.75) is 38.5 Å². The number of hydrogen-bond acceptors (Lipinski definition) is 4. The second kappa shape index (κ2) is 6.52. The zero-order valence-corrected chi connectivity index (χ0v) is 15.7. The van der Waals surface area contributed by atoms with E-state index in [0.717, 1.165) is 11.3 Å². The highest BCUT2D eigenvalue weighted by molar-refractivity contribution is 8.16. The summed E-state index contributed by atoms with van der Waals surface area (Å²) in [5.74, 6) is 0.381. The summed E-state index contributed by atoms with van der Waals surface area (Å²) in [6, 6.07) is 7.76. The molecule has 7 heteroatoms. The lowest BCUT2D eigenvalue weighted by molar-refractivity contribution is -0.118. The Morgan fingerprint density at radius 1 is 1.29 bits per heavy atom. The normalized spacial score (nSPS) is 27.0. The molecule has 0 bridgehead atoms. The summed E-state index contributed by atoms with van der Waals surface area (Å²) in [5, 5.41) is 0.580. The Morgan fingerprint density at radius 3 is 2.58 bits per heavy atom. The fourth-order valence-corrected chi connectivity index (χ4v) is 7.00. The SMILES string of the molecule is Cc1ccc(N2C(=NC(=O)CC(C)C)S[C@H]3CS(=O)(=O)C[C@H]32)cc1. The molecule has 2 heterocycles. The number of thioether (sulfide) groups is 1. The van der Waals surface area contributed by atoms with E-state index >= 15 is 0 Å². The van der Waals surface area contributed by atoms with E-state index in [1.54, 1.807) is 0 Å². The maximum absolute atomic E-state index is 12.1. The second-order valence-electron chi connectivity index (χ2n) is 6.89. The third kappa shape index (κ3) is 3.67. The summed E-state index contributed by atoms with van der Waals surface area (Å²) >= 11 is 1.42. The third-order valence-corrected chi connectivity index (χ3v) is 7.39. The van der Waals surface area contributed by atoms with Gasteiger partial charge in [-0.1, -0.05) is 43.3 Å². The molecule has 2 atom stereocenters. The Bertz CT molecular complexity index is 770. The van der Waals surface area contributed by atoms with Crippen molar-refractivity contribution >= 4 is 38.4 Å². The van der Waals surface area contributed by atoms with Gasteiger partial charge in [-0.25, -0.2) is 8.42 Å². The maximum atomic E-state index is 12.1. The average Bonchev–Trinajstić information content (AvgIpc) is 2.90. The number of benzene rings is 1. The van der Waals surface area contributed by atoms with Crippen LogP contribution < -0.4 is 4.90 Å². The van der Waals surface area contributed by atoms with Crippen molar-refractivity contribution in [2.75, 3.05) is 16.4 Å². The van der Waals surface area contributed by atoms with Crippen LogP contribution in [0.2, 0.25) is 0 Å². The first-order valence-corrected chi connectivity index (χ1v) is 10.8. The summed E-state index contributed by atoms with van der Waals surface area (Å²) in [5.41, 5.74) is 2.03. The molecule has 3 rings (SSSR count). The molecule has 0 unspecified atom stereocenters. The minimum absolute atomic E-state index is 0.0538. The number of rotatable bonds is 3. The number of aliphatic imine (C=N–C) groups is 1. The van der Waals surface area contributed by atoms with E-state index in [0.29, 0.717) is 11.6 Å². The molecule has 0 aromatic heterocycles. The monoisotopic (exact) mass is 366 g/mol. The molecular weight excluding hydrogens is 344 g/mol. The molecule has 24 heavy (non-hydrogen) atoms. The molecule has 2 aliphatic heterocycles. The summed E-state index contributed by atoms with van der Waals surface area (Å²) in [6.45, 7) is 5.98. The van der Waals surface area contributed by atoms with Crippen molar-refractivity contribution in [2.24, 2.45) is 10.9 Å². The van der Waals surface area contributed by atoms with Crippen molar-refractivity contribution in [3.63, 3.8) is 0 Å². The van der Waals surface area contributed by atoms with Gasteiger partial charge in [-0.15, -0.1) is 0 Å². The van der Waals surface area contributed by atoms with Crippen molar-refractivity contribution in [3.8, 4) is 0 Å². The van der Waals surface area contributed by atoms with Crippen molar-refractivity contribution in [1.29, 1.82) is 0 Å². The predicted octanol–water partition coefficient (Wildman–Crippen LogP) is 2.64. The molecule has 5 nitrogen and oxygen atoms in total. The van der Waals surface area contributed by atoms with Crippen molar-refractivity contribution in [1.82, 2.24) is 0 Å². The number of anilines is 1. The van der Waals surface area contributed by atoms with Gasteiger partial charge in [-0.05, 0) is 25.0 Å². The highest BCUT2D eigenvalue weighted by Crippen LogP contribution is 2.41. The largest absolute Gasteiger partial charge is 0.316 e. The van der Waals surface area contributed by atoms with Crippen LogP contribution in [0.1, 0.15) is 25.8 Å². The van der Waals surface area contributed by atoms with E-state index in [4.69, 9.17) is 0 Å². The lowest BCUT2D eigenvalue weighted by atomic mass is 10.1. The summed E-state index contributed by atoms with van der Waals surface area (Å²) in [6.07, 6.45) is 0.402. The van der Waals surface area contributed by atoms with Crippen LogP contribution in [0.15, 0.2) is 29.3 Å². The first-order valence-electron chi connectivity index (χ1n) is 8.09. The molecule has 0 radical (unpaired) electrons. The van der Waals surface area contributed by atoms with Crippen molar-refractivity contribution in [3.05, 3.63) is 29.8 Å². The van der Waals surface area contributed by atoms with Crippen LogP contribution in [-0.2, 0) is 14.6 Å². The lowest BCUT2D eigenvalue weighted by Crippen LogP contribution is -2.37. The number of amidine groups is 1. The Labute approximate surface area is 147 Å².